The van der Waals surface area contributed by atoms with E-state index in [9.17, 15) is 0 Å². The maximum Gasteiger partial charge on any atom is 0.118 e. The molecule has 0 aliphatic carbocycles. The van der Waals surface area contributed by atoms with Crippen molar-refractivity contribution in [1.29, 1.82) is 0 Å². The van der Waals surface area contributed by atoms with Crippen molar-refractivity contribution >= 4 is 22.6 Å². The number of methoxy groups -OCH3 is 1. The highest BCUT2D eigenvalue weighted by molar-refractivity contribution is 14.1. The van der Waals surface area contributed by atoms with Crippen molar-refractivity contribution in [2.45, 2.75) is 69.9 Å². The molecule has 2 rings (SSSR count). The first-order chi connectivity index (χ1) is 12.2. The van der Waals surface area contributed by atoms with E-state index >= 15 is 0 Å². The van der Waals surface area contributed by atoms with Gasteiger partial charge in [0, 0.05) is 4.43 Å². The van der Waals surface area contributed by atoms with Gasteiger partial charge in [-0.3, -0.25) is 0 Å². The third kappa shape index (κ3) is 7.67. The van der Waals surface area contributed by atoms with Crippen LogP contribution in [0.15, 0.2) is 36.9 Å². The van der Waals surface area contributed by atoms with E-state index in [1.165, 1.54) is 18.4 Å². The molecule has 140 valence electrons. The van der Waals surface area contributed by atoms with Gasteiger partial charge in [0.15, 0.2) is 0 Å². The number of benzene rings is 1. The molecule has 4 heteroatoms. The molecular formula is C21H31IO3. The summed E-state index contributed by atoms with van der Waals surface area (Å²) in [5.41, 5.74) is 1.18. The Hall–Kier alpha value is -0.590. The molecule has 0 N–H and O–H groups in total. The fourth-order valence-corrected chi connectivity index (χ4v) is 3.90. The normalized spacial score (nSPS) is 21.7. The number of unbranched alkanes of at least 4 members (excludes halogenated alkanes) is 1. The van der Waals surface area contributed by atoms with E-state index in [4.69, 9.17) is 14.2 Å². The summed E-state index contributed by atoms with van der Waals surface area (Å²) in [4.78, 5) is 0. The van der Waals surface area contributed by atoms with Gasteiger partial charge in [0.2, 0.25) is 0 Å². The second-order valence-corrected chi connectivity index (χ2v) is 7.58. The van der Waals surface area contributed by atoms with Crippen molar-refractivity contribution in [2.24, 2.45) is 0 Å². The number of ether oxygens (including phenoxy) is 3. The third-order valence-electron chi connectivity index (χ3n) is 4.71. The van der Waals surface area contributed by atoms with E-state index in [2.05, 4.69) is 41.3 Å². The van der Waals surface area contributed by atoms with Gasteiger partial charge in [-0.05, 0) is 62.6 Å². The Balaban J connectivity index is 1.86. The van der Waals surface area contributed by atoms with Gasteiger partial charge >= 0.3 is 0 Å². The van der Waals surface area contributed by atoms with E-state index in [1.54, 1.807) is 7.11 Å². The lowest BCUT2D eigenvalue weighted by molar-refractivity contribution is -0.0733. The average molecular weight is 458 g/mol. The third-order valence-corrected chi connectivity index (χ3v) is 5.70. The molecular weight excluding hydrogens is 427 g/mol. The topological polar surface area (TPSA) is 27.7 Å². The summed E-state index contributed by atoms with van der Waals surface area (Å²) in [5, 5.41) is 0. The zero-order valence-corrected chi connectivity index (χ0v) is 17.5. The van der Waals surface area contributed by atoms with Crippen LogP contribution in [0.1, 0.15) is 50.5 Å². The van der Waals surface area contributed by atoms with Gasteiger partial charge in [0.1, 0.15) is 5.75 Å². The van der Waals surface area contributed by atoms with Crippen molar-refractivity contribution < 1.29 is 14.2 Å². The Bertz CT molecular complexity index is 488. The van der Waals surface area contributed by atoms with E-state index in [0.29, 0.717) is 18.8 Å². The predicted molar refractivity (Wildman–Crippen MR) is 112 cm³/mol. The largest absolute Gasteiger partial charge is 0.497 e. The number of hydrogen-bond acceptors (Lipinski definition) is 3. The summed E-state index contributed by atoms with van der Waals surface area (Å²) in [6, 6.07) is 8.12. The quantitative estimate of drug-likeness (QED) is 0.184. The first-order valence-corrected chi connectivity index (χ1v) is 10.8. The molecule has 1 aliphatic rings. The summed E-state index contributed by atoms with van der Waals surface area (Å²) in [5.74, 6) is 0.881. The van der Waals surface area contributed by atoms with Crippen molar-refractivity contribution in [1.82, 2.24) is 0 Å². The predicted octanol–water partition coefficient (Wildman–Crippen LogP) is 5.70. The first kappa shape index (κ1) is 20.7. The highest BCUT2D eigenvalue weighted by Gasteiger charge is 2.24. The monoisotopic (exact) mass is 458 g/mol. The Kier molecular flexibility index (Phi) is 9.88. The molecule has 3 atom stereocenters. The summed E-state index contributed by atoms with van der Waals surface area (Å²) < 4.78 is 18.8. The van der Waals surface area contributed by atoms with Crippen LogP contribution in [0, 0.1) is 0 Å². The van der Waals surface area contributed by atoms with Gasteiger partial charge in [-0.2, -0.15) is 0 Å². The van der Waals surface area contributed by atoms with Gasteiger partial charge in [0.25, 0.3) is 0 Å². The minimum Gasteiger partial charge on any atom is -0.497 e. The molecule has 0 spiro atoms. The maximum atomic E-state index is 6.26. The van der Waals surface area contributed by atoms with Crippen molar-refractivity contribution in [3.05, 3.63) is 42.5 Å². The minimum atomic E-state index is 0.250. The summed E-state index contributed by atoms with van der Waals surface area (Å²) in [7, 11) is 1.69. The lowest BCUT2D eigenvalue weighted by Gasteiger charge is -2.31. The molecule has 0 radical (unpaired) electrons. The Morgan fingerprint density at radius 3 is 2.72 bits per heavy atom. The van der Waals surface area contributed by atoms with E-state index in [-0.39, 0.29) is 6.10 Å². The van der Waals surface area contributed by atoms with Crippen LogP contribution in [0.5, 0.6) is 5.75 Å². The molecule has 0 amide bonds. The number of hydrogen-bond donors (Lipinski definition) is 0. The first-order valence-electron chi connectivity index (χ1n) is 9.32. The number of rotatable bonds is 11. The number of allylic oxidation sites excluding steroid dienone is 1. The van der Waals surface area contributed by atoms with Crippen LogP contribution in [0.2, 0.25) is 0 Å². The van der Waals surface area contributed by atoms with Crippen LogP contribution in [-0.2, 0) is 16.1 Å². The minimum absolute atomic E-state index is 0.250. The average Bonchev–Trinajstić information content (AvgIpc) is 2.66. The molecule has 1 aromatic carbocycles. The van der Waals surface area contributed by atoms with Crippen LogP contribution >= 0.6 is 22.6 Å². The zero-order chi connectivity index (χ0) is 17.9. The second kappa shape index (κ2) is 11.9. The van der Waals surface area contributed by atoms with Crippen molar-refractivity contribution in [3.8, 4) is 5.75 Å². The summed E-state index contributed by atoms with van der Waals surface area (Å²) >= 11 is 2.43. The van der Waals surface area contributed by atoms with Crippen molar-refractivity contribution in [2.75, 3.05) is 11.5 Å². The van der Waals surface area contributed by atoms with Gasteiger partial charge in [-0.15, -0.1) is 6.58 Å². The number of halogens is 1. The van der Waals surface area contributed by atoms with Crippen LogP contribution in [0.25, 0.3) is 0 Å². The standard InChI is InChI=1S/C21H31IO3/c1-3-4-5-7-19(14-20-8-6-9-21(15-22)25-20)24-16-17-10-12-18(23-2)13-11-17/h3,10-13,19-21H,1,4-9,14-16H2,2H3/t19-,20-,21+/m0/s1. The second-order valence-electron chi connectivity index (χ2n) is 6.70. The molecule has 1 aliphatic heterocycles. The molecule has 1 fully saturated rings. The molecule has 1 aromatic rings. The molecule has 1 heterocycles. The molecule has 0 bridgehead atoms. The van der Waals surface area contributed by atoms with Crippen LogP contribution in [-0.4, -0.2) is 29.8 Å². The highest BCUT2D eigenvalue weighted by atomic mass is 127. The fraction of sp³-hybridized carbons (Fsp3) is 0.619. The SMILES string of the molecule is C=CCCC[C@@H](C[C@@H]1CCC[C@H](CI)O1)OCc1ccc(OC)cc1. The molecule has 1 saturated heterocycles. The van der Waals surface area contributed by atoms with Gasteiger partial charge in [-0.25, -0.2) is 0 Å². The molecule has 0 unspecified atom stereocenters. The lowest BCUT2D eigenvalue weighted by atomic mass is 9.98. The van der Waals surface area contributed by atoms with Crippen LogP contribution in [0.3, 0.4) is 0 Å². The zero-order valence-electron chi connectivity index (χ0n) is 15.3. The Labute approximate surface area is 166 Å². The van der Waals surface area contributed by atoms with E-state index in [1.807, 2.05) is 18.2 Å². The lowest BCUT2D eigenvalue weighted by Crippen LogP contribution is -2.32. The van der Waals surface area contributed by atoms with Gasteiger partial charge in [-0.1, -0.05) is 40.8 Å². The molecule has 3 nitrogen and oxygen atoms in total. The highest BCUT2D eigenvalue weighted by Crippen LogP contribution is 2.26. The summed E-state index contributed by atoms with van der Waals surface area (Å²) in [6.07, 6.45) is 10.9. The summed E-state index contributed by atoms with van der Waals surface area (Å²) in [6.45, 7) is 4.47. The van der Waals surface area contributed by atoms with E-state index < -0.39 is 0 Å². The van der Waals surface area contributed by atoms with Gasteiger partial charge in [0.05, 0.1) is 32.0 Å². The molecule has 0 aromatic heterocycles. The Morgan fingerprint density at radius 1 is 1.28 bits per heavy atom. The smallest absolute Gasteiger partial charge is 0.118 e. The fourth-order valence-electron chi connectivity index (χ4n) is 3.26. The van der Waals surface area contributed by atoms with Crippen LogP contribution < -0.4 is 4.74 Å². The van der Waals surface area contributed by atoms with Gasteiger partial charge < -0.3 is 14.2 Å². The molecule has 25 heavy (non-hydrogen) atoms. The van der Waals surface area contributed by atoms with Crippen LogP contribution in [0.4, 0.5) is 0 Å². The van der Waals surface area contributed by atoms with Crippen molar-refractivity contribution in [3.63, 3.8) is 0 Å². The molecule has 0 saturated carbocycles. The Morgan fingerprint density at radius 2 is 2.04 bits per heavy atom. The maximum absolute atomic E-state index is 6.26. The number of alkyl halides is 1. The van der Waals surface area contributed by atoms with E-state index in [0.717, 1.165) is 42.3 Å².